The van der Waals surface area contributed by atoms with E-state index in [0.717, 1.165) is 13.1 Å². The summed E-state index contributed by atoms with van der Waals surface area (Å²) in [5, 5.41) is 12.3. The molecule has 1 aliphatic rings. The minimum atomic E-state index is -0.374. The molecule has 0 bridgehead atoms. The zero-order valence-electron chi connectivity index (χ0n) is 9.73. The zero-order valence-corrected chi connectivity index (χ0v) is 9.73. The molecule has 5 heteroatoms. The van der Waals surface area contributed by atoms with E-state index in [9.17, 15) is 9.90 Å². The smallest absolute Gasteiger partial charge is 0.239 e. The number of hydrogen-bond donors (Lipinski definition) is 2. The predicted molar refractivity (Wildman–Crippen MR) is 58.6 cm³/mol. The number of likely N-dealkylation sites (N-methyl/N-ethyl adjacent to an activating group) is 2. The summed E-state index contributed by atoms with van der Waals surface area (Å²) in [6.45, 7) is 2.11. The Morgan fingerprint density at radius 3 is 2.53 bits per heavy atom. The molecule has 15 heavy (non-hydrogen) atoms. The van der Waals surface area contributed by atoms with Gasteiger partial charge in [-0.15, -0.1) is 0 Å². The van der Waals surface area contributed by atoms with E-state index in [1.807, 2.05) is 19.0 Å². The Balaban J connectivity index is 2.32. The third-order valence-corrected chi connectivity index (χ3v) is 2.66. The maximum Gasteiger partial charge on any atom is 0.239 e. The monoisotopic (exact) mass is 215 g/mol. The van der Waals surface area contributed by atoms with E-state index < -0.39 is 0 Å². The van der Waals surface area contributed by atoms with E-state index in [1.54, 1.807) is 11.9 Å². The summed E-state index contributed by atoms with van der Waals surface area (Å²) in [7, 11) is 5.77. The Kier molecular flexibility index (Phi) is 4.50. The molecule has 0 aliphatic carbocycles. The molecule has 0 radical (unpaired) electrons. The Morgan fingerprint density at radius 2 is 2.07 bits per heavy atom. The fraction of sp³-hybridized carbons (Fsp3) is 0.900. The first kappa shape index (κ1) is 12.4. The fourth-order valence-corrected chi connectivity index (χ4v) is 1.63. The Labute approximate surface area is 91.0 Å². The lowest BCUT2D eigenvalue weighted by atomic mass is 10.2. The number of carbonyl (C=O) groups is 1. The van der Waals surface area contributed by atoms with Gasteiger partial charge >= 0.3 is 0 Å². The number of hydrogen-bond acceptors (Lipinski definition) is 4. The van der Waals surface area contributed by atoms with Crippen molar-refractivity contribution in [1.82, 2.24) is 15.1 Å². The lowest BCUT2D eigenvalue weighted by molar-refractivity contribution is -0.132. The molecule has 1 aliphatic heterocycles. The second-order valence-corrected chi connectivity index (χ2v) is 4.41. The van der Waals surface area contributed by atoms with Crippen LogP contribution >= 0.6 is 0 Å². The van der Waals surface area contributed by atoms with Crippen LogP contribution in [0, 0.1) is 0 Å². The highest BCUT2D eigenvalue weighted by Gasteiger charge is 2.29. The van der Waals surface area contributed by atoms with Gasteiger partial charge in [-0.05, 0) is 20.5 Å². The molecule has 0 spiro atoms. The highest BCUT2D eigenvalue weighted by Crippen LogP contribution is 2.08. The minimum absolute atomic E-state index is 0.0772. The van der Waals surface area contributed by atoms with Crippen molar-refractivity contribution in [1.29, 1.82) is 0 Å². The summed E-state index contributed by atoms with van der Waals surface area (Å²) in [4.78, 5) is 15.6. The first-order valence-corrected chi connectivity index (χ1v) is 5.32. The van der Waals surface area contributed by atoms with Crippen LogP contribution in [0.5, 0.6) is 0 Å². The normalized spacial score (nSPS) is 25.9. The molecule has 0 aromatic heterocycles. The maximum absolute atomic E-state index is 11.8. The van der Waals surface area contributed by atoms with Crippen LogP contribution in [0.25, 0.3) is 0 Å². The van der Waals surface area contributed by atoms with Gasteiger partial charge in [0.1, 0.15) is 0 Å². The number of amides is 1. The molecule has 1 heterocycles. The van der Waals surface area contributed by atoms with E-state index >= 15 is 0 Å². The summed E-state index contributed by atoms with van der Waals surface area (Å²) in [5.41, 5.74) is 0. The molecule has 1 amide bonds. The molecule has 0 aromatic carbocycles. The van der Waals surface area contributed by atoms with Crippen molar-refractivity contribution in [2.45, 2.75) is 18.6 Å². The van der Waals surface area contributed by atoms with Crippen molar-refractivity contribution < 1.29 is 9.90 Å². The van der Waals surface area contributed by atoms with Gasteiger partial charge in [0.2, 0.25) is 5.91 Å². The van der Waals surface area contributed by atoms with Crippen molar-refractivity contribution in [2.75, 3.05) is 40.8 Å². The molecule has 2 N–H and O–H groups in total. The largest absolute Gasteiger partial charge is 0.392 e. The van der Waals surface area contributed by atoms with Crippen molar-refractivity contribution >= 4 is 5.91 Å². The second-order valence-electron chi connectivity index (χ2n) is 4.41. The number of aliphatic hydroxyl groups is 1. The van der Waals surface area contributed by atoms with Gasteiger partial charge in [0.15, 0.2) is 0 Å². The summed E-state index contributed by atoms with van der Waals surface area (Å²) < 4.78 is 0. The summed E-state index contributed by atoms with van der Waals surface area (Å²) in [6, 6.07) is -0.202. The minimum Gasteiger partial charge on any atom is -0.392 e. The van der Waals surface area contributed by atoms with Crippen molar-refractivity contribution in [3.8, 4) is 0 Å². The average Bonchev–Trinajstić information content (AvgIpc) is 2.60. The van der Waals surface area contributed by atoms with Gasteiger partial charge in [-0.25, -0.2) is 0 Å². The molecule has 1 saturated heterocycles. The second kappa shape index (κ2) is 5.44. The first-order valence-electron chi connectivity index (χ1n) is 5.32. The first-order chi connectivity index (χ1) is 7.00. The Morgan fingerprint density at radius 1 is 1.40 bits per heavy atom. The van der Waals surface area contributed by atoms with Crippen LogP contribution in [0.15, 0.2) is 0 Å². The molecular weight excluding hydrogens is 194 g/mol. The van der Waals surface area contributed by atoms with Crippen LogP contribution in [0.4, 0.5) is 0 Å². The Bertz CT molecular complexity index is 221. The summed E-state index contributed by atoms with van der Waals surface area (Å²) in [5.74, 6) is 0.0772. The zero-order chi connectivity index (χ0) is 11.4. The number of nitrogens with one attached hydrogen (secondary N) is 1. The van der Waals surface area contributed by atoms with Gasteiger partial charge in [-0.3, -0.25) is 4.79 Å². The van der Waals surface area contributed by atoms with Gasteiger partial charge in [-0.1, -0.05) is 0 Å². The molecule has 1 fully saturated rings. The number of carbonyl (C=O) groups excluding carboxylic acids is 1. The standard InChI is InChI=1S/C10H21N3O2/c1-12(2)4-5-13(3)10(15)9-6-8(14)7-11-9/h8-9,11,14H,4-7H2,1-3H3. The van der Waals surface area contributed by atoms with E-state index in [4.69, 9.17) is 0 Å². The predicted octanol–water partition coefficient (Wildman–Crippen LogP) is -1.27. The fourth-order valence-electron chi connectivity index (χ4n) is 1.63. The number of aliphatic hydroxyl groups excluding tert-OH is 1. The lowest BCUT2D eigenvalue weighted by Crippen LogP contribution is -2.43. The average molecular weight is 215 g/mol. The van der Waals surface area contributed by atoms with Crippen LogP contribution < -0.4 is 5.32 Å². The van der Waals surface area contributed by atoms with Gasteiger partial charge in [0.25, 0.3) is 0 Å². The molecule has 1 rings (SSSR count). The van der Waals surface area contributed by atoms with Gasteiger partial charge < -0.3 is 20.2 Å². The molecule has 0 aromatic rings. The lowest BCUT2D eigenvalue weighted by Gasteiger charge is -2.22. The van der Waals surface area contributed by atoms with Crippen LogP contribution in [0.3, 0.4) is 0 Å². The molecule has 2 unspecified atom stereocenters. The van der Waals surface area contributed by atoms with Crippen molar-refractivity contribution in [3.05, 3.63) is 0 Å². The van der Waals surface area contributed by atoms with E-state index in [0.29, 0.717) is 13.0 Å². The highest BCUT2D eigenvalue weighted by molar-refractivity contribution is 5.82. The van der Waals surface area contributed by atoms with Crippen LogP contribution in [0.2, 0.25) is 0 Å². The van der Waals surface area contributed by atoms with E-state index in [2.05, 4.69) is 5.32 Å². The summed E-state index contributed by atoms with van der Waals surface area (Å²) >= 11 is 0. The number of rotatable bonds is 4. The topological polar surface area (TPSA) is 55.8 Å². The molecule has 88 valence electrons. The van der Waals surface area contributed by atoms with Gasteiger partial charge in [0, 0.05) is 26.7 Å². The van der Waals surface area contributed by atoms with Crippen molar-refractivity contribution in [2.24, 2.45) is 0 Å². The molecule has 0 saturated carbocycles. The van der Waals surface area contributed by atoms with E-state index in [1.165, 1.54) is 0 Å². The quantitative estimate of drug-likeness (QED) is 0.614. The van der Waals surface area contributed by atoms with Crippen LogP contribution in [-0.4, -0.2) is 73.7 Å². The van der Waals surface area contributed by atoms with Crippen LogP contribution in [0.1, 0.15) is 6.42 Å². The van der Waals surface area contributed by atoms with Gasteiger partial charge in [-0.2, -0.15) is 0 Å². The van der Waals surface area contributed by atoms with Gasteiger partial charge in [0.05, 0.1) is 12.1 Å². The SMILES string of the molecule is CN(C)CCN(C)C(=O)C1CC(O)CN1. The third-order valence-electron chi connectivity index (χ3n) is 2.66. The highest BCUT2D eigenvalue weighted by atomic mass is 16.3. The number of nitrogens with zero attached hydrogens (tertiary/aromatic N) is 2. The molecule has 5 nitrogen and oxygen atoms in total. The number of β-amino-alcohol motifs (C(OH)–C–C–N with tert-alkyl or cyclic N) is 1. The Hall–Kier alpha value is -0.650. The van der Waals surface area contributed by atoms with Crippen molar-refractivity contribution in [3.63, 3.8) is 0 Å². The third kappa shape index (κ3) is 3.77. The molecular formula is C10H21N3O2. The van der Waals surface area contributed by atoms with Crippen LogP contribution in [-0.2, 0) is 4.79 Å². The maximum atomic E-state index is 11.8. The molecule has 2 atom stereocenters. The summed E-state index contributed by atoms with van der Waals surface area (Å²) in [6.07, 6.45) is 0.159. The van der Waals surface area contributed by atoms with E-state index in [-0.39, 0.29) is 18.1 Å².